The number of hydrogen-bond donors (Lipinski definition) is 3. The second-order valence-electron chi connectivity index (χ2n) is 6.76. The fraction of sp³-hybridized carbons (Fsp3) is 0.304. The molecule has 2 rings (SSSR count). The highest BCUT2D eigenvalue weighted by Crippen LogP contribution is 2.12. The van der Waals surface area contributed by atoms with Gasteiger partial charge in [0.05, 0.1) is 6.21 Å². The summed E-state index contributed by atoms with van der Waals surface area (Å²) in [5.74, 6) is -1.36. The van der Waals surface area contributed by atoms with Gasteiger partial charge in [-0.2, -0.15) is 5.10 Å². The zero-order valence-electron chi connectivity index (χ0n) is 18.2. The molecule has 170 valence electrons. The van der Waals surface area contributed by atoms with Crippen LogP contribution < -0.4 is 20.8 Å². The topological polar surface area (TPSA) is 118 Å². The van der Waals surface area contributed by atoms with Gasteiger partial charge in [-0.3, -0.25) is 14.4 Å². The molecule has 0 aliphatic heterocycles. The van der Waals surface area contributed by atoms with Crippen LogP contribution in [-0.2, 0) is 25.5 Å². The van der Waals surface area contributed by atoms with Gasteiger partial charge in [0.25, 0.3) is 5.91 Å². The average molecular weight is 441 g/mol. The Morgan fingerprint density at radius 1 is 1.00 bits per heavy atom. The van der Waals surface area contributed by atoms with Crippen molar-refractivity contribution < 1.29 is 23.9 Å². The SMILES string of the molecule is CCc1ccc(NC(=O)COc2ccc(/C=N\NC(=O)C(=O)NCCCOC)cc2)cc1. The smallest absolute Gasteiger partial charge is 0.329 e. The van der Waals surface area contributed by atoms with Crippen molar-refractivity contribution in [2.24, 2.45) is 5.10 Å². The Kier molecular flexibility index (Phi) is 10.4. The van der Waals surface area contributed by atoms with Gasteiger partial charge in [-0.1, -0.05) is 19.1 Å². The van der Waals surface area contributed by atoms with E-state index in [1.54, 1.807) is 31.4 Å². The summed E-state index contributed by atoms with van der Waals surface area (Å²) in [5, 5.41) is 8.99. The molecule has 0 aromatic heterocycles. The molecular weight excluding hydrogens is 412 g/mol. The van der Waals surface area contributed by atoms with E-state index in [1.165, 1.54) is 11.8 Å². The van der Waals surface area contributed by atoms with Crippen LogP contribution in [0.1, 0.15) is 24.5 Å². The van der Waals surface area contributed by atoms with Crippen LogP contribution >= 0.6 is 0 Å². The number of amides is 3. The van der Waals surface area contributed by atoms with Crippen molar-refractivity contribution in [1.82, 2.24) is 10.7 Å². The van der Waals surface area contributed by atoms with E-state index in [-0.39, 0.29) is 12.5 Å². The van der Waals surface area contributed by atoms with Crippen LogP contribution in [0.5, 0.6) is 5.75 Å². The molecule has 32 heavy (non-hydrogen) atoms. The van der Waals surface area contributed by atoms with Crippen LogP contribution in [0.4, 0.5) is 5.69 Å². The van der Waals surface area contributed by atoms with Crippen LogP contribution in [0.15, 0.2) is 53.6 Å². The first kappa shape index (κ1) is 24.5. The fourth-order valence-electron chi connectivity index (χ4n) is 2.53. The lowest BCUT2D eigenvalue weighted by Crippen LogP contribution is -2.38. The van der Waals surface area contributed by atoms with Crippen LogP contribution in [0.2, 0.25) is 0 Å². The van der Waals surface area contributed by atoms with E-state index >= 15 is 0 Å². The van der Waals surface area contributed by atoms with Crippen LogP contribution in [-0.4, -0.2) is 50.8 Å². The Bertz CT molecular complexity index is 911. The normalized spacial score (nSPS) is 10.6. The summed E-state index contributed by atoms with van der Waals surface area (Å²) in [5.41, 5.74) is 4.75. The van der Waals surface area contributed by atoms with Gasteiger partial charge in [-0.05, 0) is 60.4 Å². The number of rotatable bonds is 11. The molecule has 0 fully saturated rings. The number of carbonyl (C=O) groups is 3. The third kappa shape index (κ3) is 8.97. The van der Waals surface area contributed by atoms with Gasteiger partial charge in [0, 0.05) is 25.9 Å². The maximum Gasteiger partial charge on any atom is 0.329 e. The van der Waals surface area contributed by atoms with Crippen molar-refractivity contribution in [1.29, 1.82) is 0 Å². The summed E-state index contributed by atoms with van der Waals surface area (Å²) in [4.78, 5) is 35.2. The number of nitrogens with one attached hydrogen (secondary N) is 3. The lowest BCUT2D eigenvalue weighted by atomic mass is 10.1. The largest absolute Gasteiger partial charge is 0.484 e. The molecule has 0 atom stereocenters. The molecular formula is C23H28N4O5. The van der Waals surface area contributed by atoms with E-state index in [2.05, 4.69) is 28.1 Å². The molecule has 0 unspecified atom stereocenters. The number of benzene rings is 2. The van der Waals surface area contributed by atoms with E-state index in [1.807, 2.05) is 24.3 Å². The maximum atomic E-state index is 12.0. The van der Waals surface area contributed by atoms with Crippen molar-refractivity contribution in [3.8, 4) is 5.75 Å². The van der Waals surface area contributed by atoms with Crippen molar-refractivity contribution >= 4 is 29.6 Å². The Morgan fingerprint density at radius 2 is 1.72 bits per heavy atom. The number of aryl methyl sites for hydroxylation is 1. The van der Waals surface area contributed by atoms with Gasteiger partial charge in [-0.15, -0.1) is 0 Å². The second kappa shape index (κ2) is 13.6. The minimum Gasteiger partial charge on any atom is -0.484 e. The standard InChI is InChI=1S/C23H28N4O5/c1-3-17-5-9-19(10-6-17)26-21(28)16-32-20-11-7-18(8-12-20)15-25-27-23(30)22(29)24-13-4-14-31-2/h5-12,15H,3-4,13-14,16H2,1-2H3,(H,24,29)(H,26,28)(H,27,30)/b25-15-. The molecule has 0 saturated carbocycles. The summed E-state index contributed by atoms with van der Waals surface area (Å²) in [6.45, 7) is 2.78. The molecule has 0 aliphatic carbocycles. The second-order valence-corrected chi connectivity index (χ2v) is 6.76. The third-order valence-electron chi connectivity index (χ3n) is 4.29. The Balaban J connectivity index is 1.72. The van der Waals surface area contributed by atoms with Gasteiger partial charge < -0.3 is 20.1 Å². The molecule has 9 heteroatoms. The molecule has 0 saturated heterocycles. The van der Waals surface area contributed by atoms with Crippen LogP contribution in [0.3, 0.4) is 0 Å². The monoisotopic (exact) mass is 440 g/mol. The number of carbonyl (C=O) groups excluding carboxylic acids is 3. The molecule has 0 spiro atoms. The Morgan fingerprint density at radius 3 is 2.38 bits per heavy atom. The Hall–Kier alpha value is -3.72. The quantitative estimate of drug-likeness (QED) is 0.213. The van der Waals surface area contributed by atoms with Crippen molar-refractivity contribution in [2.45, 2.75) is 19.8 Å². The zero-order valence-corrected chi connectivity index (χ0v) is 18.2. The first-order chi connectivity index (χ1) is 15.5. The molecule has 2 aromatic carbocycles. The van der Waals surface area contributed by atoms with Gasteiger partial charge >= 0.3 is 11.8 Å². The van der Waals surface area contributed by atoms with Crippen molar-refractivity contribution in [3.05, 3.63) is 59.7 Å². The summed E-state index contributed by atoms with van der Waals surface area (Å²) < 4.78 is 10.3. The first-order valence-electron chi connectivity index (χ1n) is 10.2. The van der Waals surface area contributed by atoms with Gasteiger partial charge in [0.2, 0.25) is 0 Å². The molecule has 3 N–H and O–H groups in total. The highest BCUT2D eigenvalue weighted by molar-refractivity contribution is 6.35. The Labute approximate surface area is 187 Å². The predicted octanol–water partition coefficient (Wildman–Crippen LogP) is 1.87. The van der Waals surface area contributed by atoms with E-state index in [4.69, 9.17) is 9.47 Å². The molecule has 0 bridgehead atoms. The van der Waals surface area contributed by atoms with E-state index < -0.39 is 11.8 Å². The number of hydrazone groups is 1. The van der Waals surface area contributed by atoms with Crippen LogP contribution in [0, 0.1) is 0 Å². The molecule has 0 aliphatic rings. The van der Waals surface area contributed by atoms with E-state index in [9.17, 15) is 14.4 Å². The van der Waals surface area contributed by atoms with E-state index in [0.717, 1.165) is 6.42 Å². The highest BCUT2D eigenvalue weighted by atomic mass is 16.5. The van der Waals surface area contributed by atoms with E-state index in [0.29, 0.717) is 36.6 Å². The van der Waals surface area contributed by atoms with Crippen LogP contribution in [0.25, 0.3) is 0 Å². The number of ether oxygens (including phenoxy) is 2. The van der Waals surface area contributed by atoms with Gasteiger partial charge in [0.1, 0.15) is 5.75 Å². The summed E-state index contributed by atoms with van der Waals surface area (Å²) in [7, 11) is 1.56. The molecule has 3 amide bonds. The predicted molar refractivity (Wildman–Crippen MR) is 122 cm³/mol. The third-order valence-corrected chi connectivity index (χ3v) is 4.29. The first-order valence-corrected chi connectivity index (χ1v) is 10.2. The molecule has 0 radical (unpaired) electrons. The molecule has 0 heterocycles. The maximum absolute atomic E-state index is 12.0. The molecule has 2 aromatic rings. The lowest BCUT2D eigenvalue weighted by Gasteiger charge is -2.08. The van der Waals surface area contributed by atoms with Crippen molar-refractivity contribution in [3.63, 3.8) is 0 Å². The summed E-state index contributed by atoms with van der Waals surface area (Å²) in [6, 6.07) is 14.4. The number of methoxy groups -OCH3 is 1. The summed E-state index contributed by atoms with van der Waals surface area (Å²) in [6.07, 6.45) is 2.95. The average Bonchev–Trinajstić information content (AvgIpc) is 2.81. The highest BCUT2D eigenvalue weighted by Gasteiger charge is 2.11. The number of anilines is 1. The summed E-state index contributed by atoms with van der Waals surface area (Å²) >= 11 is 0. The number of hydrogen-bond acceptors (Lipinski definition) is 6. The van der Waals surface area contributed by atoms with Crippen molar-refractivity contribution in [2.75, 3.05) is 32.2 Å². The van der Waals surface area contributed by atoms with Gasteiger partial charge in [0.15, 0.2) is 6.61 Å². The number of nitrogens with zero attached hydrogens (tertiary/aromatic N) is 1. The minimum absolute atomic E-state index is 0.126. The molecule has 9 nitrogen and oxygen atoms in total. The fourth-order valence-corrected chi connectivity index (χ4v) is 2.53. The lowest BCUT2D eigenvalue weighted by molar-refractivity contribution is -0.139. The van der Waals surface area contributed by atoms with Gasteiger partial charge in [-0.25, -0.2) is 5.43 Å². The zero-order chi connectivity index (χ0) is 23.2. The minimum atomic E-state index is -0.853.